The molecule has 176 valence electrons. The molecular formula is C23H37NO7. The van der Waals surface area contributed by atoms with E-state index >= 15 is 0 Å². The van der Waals surface area contributed by atoms with Crippen LogP contribution in [0.15, 0.2) is 12.7 Å². The highest BCUT2D eigenvalue weighted by Gasteiger charge is 2.81. The molecule has 0 unspecified atom stereocenters. The van der Waals surface area contributed by atoms with Crippen molar-refractivity contribution in [2.75, 3.05) is 14.1 Å². The summed E-state index contributed by atoms with van der Waals surface area (Å²) in [5.41, 5.74) is -7.15. The van der Waals surface area contributed by atoms with E-state index in [1.54, 1.807) is 13.8 Å². The zero-order chi connectivity index (χ0) is 23.8. The third-order valence-corrected chi connectivity index (χ3v) is 8.32. The van der Waals surface area contributed by atoms with Crippen molar-refractivity contribution in [3.8, 4) is 0 Å². The minimum Gasteiger partial charge on any atom is -0.440 e. The summed E-state index contributed by atoms with van der Waals surface area (Å²) in [5, 5.41) is 35.1. The normalized spacial score (nSPS) is 48.9. The van der Waals surface area contributed by atoms with E-state index in [0.29, 0.717) is 12.8 Å². The van der Waals surface area contributed by atoms with Crippen molar-refractivity contribution >= 4 is 11.9 Å². The Bertz CT molecular complexity index is 797. The summed E-state index contributed by atoms with van der Waals surface area (Å²) in [6, 6.07) is 0. The lowest BCUT2D eigenvalue weighted by Gasteiger charge is -2.71. The molecule has 0 spiro atoms. The lowest BCUT2D eigenvalue weighted by Crippen LogP contribution is -2.86. The first-order chi connectivity index (χ1) is 14.0. The molecule has 2 aliphatic carbocycles. The fraction of sp³-hybridized carbons (Fsp3) is 0.826. The number of fused-ring (bicyclic) bond motifs is 3. The Labute approximate surface area is 184 Å². The molecule has 3 fully saturated rings. The summed E-state index contributed by atoms with van der Waals surface area (Å²) in [4.78, 5) is 27.5. The van der Waals surface area contributed by atoms with Gasteiger partial charge in [-0.25, -0.2) is 4.79 Å². The predicted octanol–water partition coefficient (Wildman–Crippen LogP) is 1.65. The number of rotatable bonds is 2. The van der Waals surface area contributed by atoms with Gasteiger partial charge >= 0.3 is 6.09 Å². The van der Waals surface area contributed by atoms with Gasteiger partial charge in [0, 0.05) is 31.8 Å². The fourth-order valence-electron chi connectivity index (χ4n) is 6.69. The number of aliphatic hydroxyl groups is 3. The Morgan fingerprint density at radius 3 is 2.32 bits per heavy atom. The number of carbonyl (C=O) groups excluding carboxylic acids is 2. The summed E-state index contributed by atoms with van der Waals surface area (Å²) >= 11 is 0. The first-order valence-electron chi connectivity index (χ1n) is 10.9. The number of nitrogens with zero attached hydrogens (tertiary/aromatic N) is 1. The maximum absolute atomic E-state index is 13.7. The van der Waals surface area contributed by atoms with Gasteiger partial charge in [0.05, 0.1) is 17.8 Å². The van der Waals surface area contributed by atoms with Crippen molar-refractivity contribution in [2.45, 2.75) is 89.0 Å². The smallest absolute Gasteiger partial charge is 0.409 e. The van der Waals surface area contributed by atoms with Crippen molar-refractivity contribution in [1.82, 2.24) is 4.90 Å². The molecule has 3 N–H and O–H groups in total. The van der Waals surface area contributed by atoms with Crippen LogP contribution in [0, 0.1) is 16.7 Å². The van der Waals surface area contributed by atoms with E-state index < -0.39 is 63.7 Å². The van der Waals surface area contributed by atoms with Gasteiger partial charge in [0.25, 0.3) is 0 Å². The molecule has 0 aromatic heterocycles. The Kier molecular flexibility index (Phi) is 5.46. The molecule has 8 heteroatoms. The molecule has 0 radical (unpaired) electrons. The van der Waals surface area contributed by atoms with Crippen LogP contribution >= 0.6 is 0 Å². The molecule has 31 heavy (non-hydrogen) atoms. The fourth-order valence-corrected chi connectivity index (χ4v) is 6.69. The van der Waals surface area contributed by atoms with Crippen molar-refractivity contribution < 1.29 is 34.4 Å². The van der Waals surface area contributed by atoms with Crippen molar-refractivity contribution in [3.63, 3.8) is 0 Å². The number of hydrogen-bond donors (Lipinski definition) is 3. The average Bonchev–Trinajstić information content (AvgIpc) is 2.65. The molecule has 2 saturated carbocycles. The second kappa shape index (κ2) is 7.01. The third kappa shape index (κ3) is 2.95. The number of aliphatic hydroxyl groups excluding tert-OH is 2. The minimum absolute atomic E-state index is 0.150. The van der Waals surface area contributed by atoms with E-state index in [4.69, 9.17) is 9.47 Å². The maximum atomic E-state index is 13.7. The minimum atomic E-state index is -2.21. The van der Waals surface area contributed by atoms with E-state index in [1.165, 1.54) is 32.0 Å². The van der Waals surface area contributed by atoms with Crippen LogP contribution < -0.4 is 0 Å². The zero-order valence-corrected chi connectivity index (χ0v) is 19.6. The van der Waals surface area contributed by atoms with Gasteiger partial charge in [-0.1, -0.05) is 26.8 Å². The number of Topliss-reactive ketones (excluding diaryl/α,β-unsaturated/α-hetero) is 1. The van der Waals surface area contributed by atoms with Crippen LogP contribution in [-0.2, 0) is 14.3 Å². The van der Waals surface area contributed by atoms with Crippen LogP contribution in [0.3, 0.4) is 0 Å². The van der Waals surface area contributed by atoms with E-state index in [0.717, 1.165) is 0 Å². The van der Waals surface area contributed by atoms with Crippen LogP contribution in [0.1, 0.15) is 53.9 Å². The molecule has 1 saturated heterocycles. The second-order valence-electron chi connectivity index (χ2n) is 11.0. The maximum Gasteiger partial charge on any atom is 0.409 e. The monoisotopic (exact) mass is 439 g/mol. The van der Waals surface area contributed by atoms with Crippen LogP contribution in [0.2, 0.25) is 0 Å². The molecule has 8 atom stereocenters. The number of ether oxygens (including phenoxy) is 2. The number of amides is 1. The first-order valence-corrected chi connectivity index (χ1v) is 10.9. The number of ketones is 1. The number of hydrogen-bond acceptors (Lipinski definition) is 7. The lowest BCUT2D eigenvalue weighted by molar-refractivity contribution is -0.369. The third-order valence-electron chi connectivity index (χ3n) is 8.32. The van der Waals surface area contributed by atoms with E-state index in [1.807, 2.05) is 13.8 Å². The van der Waals surface area contributed by atoms with Gasteiger partial charge in [-0.2, -0.15) is 0 Å². The van der Waals surface area contributed by atoms with Crippen molar-refractivity contribution in [2.24, 2.45) is 16.7 Å². The van der Waals surface area contributed by atoms with Gasteiger partial charge < -0.3 is 29.7 Å². The van der Waals surface area contributed by atoms with E-state index in [-0.39, 0.29) is 6.42 Å². The zero-order valence-electron chi connectivity index (χ0n) is 19.6. The number of carbonyl (C=O) groups is 2. The summed E-state index contributed by atoms with van der Waals surface area (Å²) in [5.74, 6) is -1.26. The van der Waals surface area contributed by atoms with Crippen LogP contribution in [-0.4, -0.2) is 81.3 Å². The summed E-state index contributed by atoms with van der Waals surface area (Å²) in [7, 11) is 3.01. The molecule has 3 aliphatic rings. The van der Waals surface area contributed by atoms with Gasteiger partial charge in [-0.15, -0.1) is 6.58 Å². The lowest BCUT2D eigenvalue weighted by atomic mass is 9.40. The van der Waals surface area contributed by atoms with Gasteiger partial charge in [0.2, 0.25) is 0 Å². The average molecular weight is 440 g/mol. The van der Waals surface area contributed by atoms with Crippen molar-refractivity contribution in [3.05, 3.63) is 12.7 Å². The topological polar surface area (TPSA) is 117 Å². The highest BCUT2D eigenvalue weighted by Crippen LogP contribution is 2.67. The van der Waals surface area contributed by atoms with Crippen LogP contribution in [0.5, 0.6) is 0 Å². The molecule has 0 bridgehead atoms. The van der Waals surface area contributed by atoms with Crippen LogP contribution in [0.25, 0.3) is 0 Å². The van der Waals surface area contributed by atoms with Crippen molar-refractivity contribution in [1.29, 1.82) is 0 Å². The standard InChI is InChI=1S/C23H37NO7/c1-9-20(4)12-14(26)23(29)21(5)13(25)10-11-19(2,3)16(21)15(27)17(22(23,6)31-20)30-18(28)24(7)8/h9,13,15-17,25,27,29H,1,10-12H2,2-8H3/t13-,15-,16-,17-,20-,21-,22+,23-/m0/s1. The molecule has 3 rings (SSSR count). The van der Waals surface area contributed by atoms with Gasteiger partial charge in [-0.05, 0) is 32.1 Å². The van der Waals surface area contributed by atoms with Crippen LogP contribution in [0.4, 0.5) is 4.79 Å². The predicted molar refractivity (Wildman–Crippen MR) is 113 cm³/mol. The quantitative estimate of drug-likeness (QED) is 0.560. The summed E-state index contributed by atoms with van der Waals surface area (Å²) in [6.07, 6.45) is -2.17. The largest absolute Gasteiger partial charge is 0.440 e. The highest BCUT2D eigenvalue weighted by atomic mass is 16.6. The molecule has 1 aliphatic heterocycles. The van der Waals surface area contributed by atoms with Gasteiger partial charge in [0.1, 0.15) is 5.60 Å². The first kappa shape index (κ1) is 24.2. The summed E-state index contributed by atoms with van der Waals surface area (Å²) in [6.45, 7) is 12.4. The molecular weight excluding hydrogens is 402 g/mol. The Hall–Kier alpha value is -1.48. The van der Waals surface area contributed by atoms with Gasteiger partial charge in [-0.3, -0.25) is 4.79 Å². The molecule has 1 heterocycles. The molecule has 0 aromatic rings. The van der Waals surface area contributed by atoms with E-state index in [2.05, 4.69) is 6.58 Å². The molecule has 1 amide bonds. The van der Waals surface area contributed by atoms with Gasteiger partial charge in [0.15, 0.2) is 17.5 Å². The Morgan fingerprint density at radius 2 is 1.81 bits per heavy atom. The summed E-state index contributed by atoms with van der Waals surface area (Å²) < 4.78 is 12.0. The van der Waals surface area contributed by atoms with E-state index in [9.17, 15) is 24.9 Å². The highest BCUT2D eigenvalue weighted by molar-refractivity contribution is 5.92. The SMILES string of the molecule is C=C[C@@]1(C)CC(=O)[C@]2(O)[C@@]3(C)[C@@H](O)CCC(C)(C)[C@@H]3[C@H](O)[C@H](OC(=O)N(C)C)[C@@]2(C)O1. The molecule has 0 aromatic carbocycles. The second-order valence-corrected chi connectivity index (χ2v) is 11.0. The molecule has 8 nitrogen and oxygen atoms in total. The Balaban J connectivity index is 2.30. The Morgan fingerprint density at radius 1 is 1.23 bits per heavy atom.